The van der Waals surface area contributed by atoms with E-state index in [0.717, 1.165) is 32.7 Å². The summed E-state index contributed by atoms with van der Waals surface area (Å²) in [5, 5.41) is 2.92. The van der Waals surface area contributed by atoms with Gasteiger partial charge in [0, 0.05) is 26.2 Å². The molecule has 1 aliphatic rings. The highest BCUT2D eigenvalue weighted by Crippen LogP contribution is 2.17. The number of rotatable bonds is 5. The van der Waals surface area contributed by atoms with Crippen LogP contribution in [-0.4, -0.2) is 54.5 Å². The lowest BCUT2D eigenvalue weighted by Crippen LogP contribution is -2.52. The van der Waals surface area contributed by atoms with Gasteiger partial charge >= 0.3 is 0 Å². The van der Waals surface area contributed by atoms with Crippen molar-refractivity contribution in [2.45, 2.75) is 26.3 Å². The van der Waals surface area contributed by atoms with E-state index in [0.29, 0.717) is 11.4 Å². The highest BCUT2D eigenvalue weighted by molar-refractivity contribution is 5.97. The minimum absolute atomic E-state index is 0.0110. The standard InChI is InChI=1S/C16H26N4O/c1-3-8-19-9-11-20(12-10-19)13(2)16(21)18-15-7-5-4-6-14(15)17/h4-7,13H,3,8-12,17H2,1-2H3,(H,18,21). The van der Waals surface area contributed by atoms with Gasteiger partial charge in [0.25, 0.3) is 0 Å². The molecule has 1 heterocycles. The van der Waals surface area contributed by atoms with E-state index in [9.17, 15) is 4.79 Å². The van der Waals surface area contributed by atoms with E-state index in [1.165, 1.54) is 6.42 Å². The molecule has 5 nitrogen and oxygen atoms in total. The number of anilines is 2. The van der Waals surface area contributed by atoms with Crippen LogP contribution in [0.2, 0.25) is 0 Å². The van der Waals surface area contributed by atoms with Crippen LogP contribution in [0.15, 0.2) is 24.3 Å². The van der Waals surface area contributed by atoms with Crippen LogP contribution in [0.5, 0.6) is 0 Å². The lowest BCUT2D eigenvalue weighted by atomic mass is 10.2. The quantitative estimate of drug-likeness (QED) is 0.809. The maximum atomic E-state index is 12.3. The fraction of sp³-hybridized carbons (Fsp3) is 0.562. The summed E-state index contributed by atoms with van der Waals surface area (Å²) in [6.07, 6.45) is 1.18. The molecular formula is C16H26N4O. The average molecular weight is 290 g/mol. The minimum atomic E-state index is -0.131. The number of nitrogens with one attached hydrogen (secondary N) is 1. The minimum Gasteiger partial charge on any atom is -0.397 e. The molecule has 5 heteroatoms. The zero-order valence-electron chi connectivity index (χ0n) is 13.0. The normalized spacial score (nSPS) is 18.4. The number of benzene rings is 1. The number of carbonyl (C=O) groups excluding carboxylic acids is 1. The Balaban J connectivity index is 1.87. The van der Waals surface area contributed by atoms with E-state index < -0.39 is 0 Å². The van der Waals surface area contributed by atoms with Crippen molar-refractivity contribution in [2.75, 3.05) is 43.8 Å². The van der Waals surface area contributed by atoms with E-state index in [1.54, 1.807) is 6.07 Å². The largest absolute Gasteiger partial charge is 0.397 e. The molecule has 1 aromatic carbocycles. The summed E-state index contributed by atoms with van der Waals surface area (Å²) in [5.74, 6) is 0.0110. The van der Waals surface area contributed by atoms with E-state index in [-0.39, 0.29) is 11.9 Å². The predicted molar refractivity (Wildman–Crippen MR) is 87.3 cm³/mol. The molecule has 21 heavy (non-hydrogen) atoms. The Hall–Kier alpha value is -1.59. The first-order valence-electron chi connectivity index (χ1n) is 7.73. The first-order valence-corrected chi connectivity index (χ1v) is 7.73. The predicted octanol–water partition coefficient (Wildman–Crippen LogP) is 1.62. The summed E-state index contributed by atoms with van der Waals surface area (Å²) >= 11 is 0. The van der Waals surface area contributed by atoms with Gasteiger partial charge in [-0.1, -0.05) is 19.1 Å². The molecule has 0 aliphatic carbocycles. The Kier molecular flexibility index (Phi) is 5.59. The molecule has 1 fully saturated rings. The van der Waals surface area contributed by atoms with Crippen LogP contribution in [0.4, 0.5) is 11.4 Å². The van der Waals surface area contributed by atoms with Crippen molar-refractivity contribution in [1.29, 1.82) is 0 Å². The van der Waals surface area contributed by atoms with Gasteiger partial charge in [0.05, 0.1) is 17.4 Å². The number of para-hydroxylation sites is 2. The highest BCUT2D eigenvalue weighted by Gasteiger charge is 2.25. The summed E-state index contributed by atoms with van der Waals surface area (Å²) < 4.78 is 0. The van der Waals surface area contributed by atoms with E-state index in [1.807, 2.05) is 25.1 Å². The summed E-state index contributed by atoms with van der Waals surface area (Å²) in [6, 6.07) is 7.23. The van der Waals surface area contributed by atoms with Gasteiger partial charge in [0.2, 0.25) is 5.91 Å². The zero-order chi connectivity index (χ0) is 15.2. The molecule has 0 spiro atoms. The second-order valence-corrected chi connectivity index (χ2v) is 5.63. The SMILES string of the molecule is CCCN1CCN(C(C)C(=O)Nc2ccccc2N)CC1. The lowest BCUT2D eigenvalue weighted by molar-refractivity contribution is -0.121. The zero-order valence-corrected chi connectivity index (χ0v) is 13.0. The van der Waals surface area contributed by atoms with Gasteiger partial charge in [-0.3, -0.25) is 9.69 Å². The molecule has 116 valence electrons. The molecular weight excluding hydrogens is 264 g/mol. The van der Waals surface area contributed by atoms with Crippen LogP contribution < -0.4 is 11.1 Å². The summed E-state index contributed by atoms with van der Waals surface area (Å²) in [4.78, 5) is 17.0. The molecule has 0 radical (unpaired) electrons. The van der Waals surface area contributed by atoms with E-state index in [2.05, 4.69) is 22.0 Å². The topological polar surface area (TPSA) is 61.6 Å². The van der Waals surface area contributed by atoms with Crippen molar-refractivity contribution in [3.05, 3.63) is 24.3 Å². The third-order valence-electron chi connectivity index (χ3n) is 4.09. The summed E-state index contributed by atoms with van der Waals surface area (Å²) in [6.45, 7) is 9.28. The number of carbonyl (C=O) groups is 1. The molecule has 0 saturated carbocycles. The van der Waals surface area contributed by atoms with Crippen molar-refractivity contribution in [3.63, 3.8) is 0 Å². The molecule has 1 atom stereocenters. The van der Waals surface area contributed by atoms with Gasteiger partial charge in [-0.15, -0.1) is 0 Å². The molecule has 1 unspecified atom stereocenters. The van der Waals surface area contributed by atoms with E-state index in [4.69, 9.17) is 5.73 Å². The maximum Gasteiger partial charge on any atom is 0.241 e. The number of nitrogens with zero attached hydrogens (tertiary/aromatic N) is 2. The Bertz CT molecular complexity index is 469. The Morgan fingerprint density at radius 2 is 1.95 bits per heavy atom. The number of amides is 1. The van der Waals surface area contributed by atoms with Crippen molar-refractivity contribution >= 4 is 17.3 Å². The summed E-state index contributed by atoms with van der Waals surface area (Å²) in [5.41, 5.74) is 7.16. The first kappa shape index (κ1) is 15.8. The fourth-order valence-electron chi connectivity index (χ4n) is 2.70. The van der Waals surface area contributed by atoms with Gasteiger partial charge in [-0.05, 0) is 32.0 Å². The number of hydrogen-bond acceptors (Lipinski definition) is 4. The van der Waals surface area contributed by atoms with Gasteiger partial charge in [-0.2, -0.15) is 0 Å². The second-order valence-electron chi connectivity index (χ2n) is 5.63. The van der Waals surface area contributed by atoms with Crippen molar-refractivity contribution in [2.24, 2.45) is 0 Å². The third-order valence-corrected chi connectivity index (χ3v) is 4.09. The lowest BCUT2D eigenvalue weighted by Gasteiger charge is -2.37. The van der Waals surface area contributed by atoms with Crippen LogP contribution in [0, 0.1) is 0 Å². The Morgan fingerprint density at radius 3 is 2.57 bits per heavy atom. The fourth-order valence-corrected chi connectivity index (χ4v) is 2.70. The molecule has 2 rings (SSSR count). The second kappa shape index (κ2) is 7.43. The maximum absolute atomic E-state index is 12.3. The van der Waals surface area contributed by atoms with Crippen LogP contribution in [0.3, 0.4) is 0 Å². The first-order chi connectivity index (χ1) is 10.1. The molecule has 0 bridgehead atoms. The smallest absolute Gasteiger partial charge is 0.241 e. The molecule has 0 aromatic heterocycles. The molecule has 1 amide bonds. The van der Waals surface area contributed by atoms with Gasteiger partial charge in [0.1, 0.15) is 0 Å². The number of piperazine rings is 1. The van der Waals surface area contributed by atoms with Gasteiger partial charge in [0.15, 0.2) is 0 Å². The van der Waals surface area contributed by atoms with Crippen LogP contribution in [0.25, 0.3) is 0 Å². The molecule has 3 N–H and O–H groups in total. The van der Waals surface area contributed by atoms with Gasteiger partial charge in [-0.25, -0.2) is 0 Å². The summed E-state index contributed by atoms with van der Waals surface area (Å²) in [7, 11) is 0. The third kappa shape index (κ3) is 4.19. The van der Waals surface area contributed by atoms with Crippen molar-refractivity contribution < 1.29 is 4.79 Å². The molecule has 1 saturated heterocycles. The van der Waals surface area contributed by atoms with Gasteiger partial charge < -0.3 is 16.0 Å². The van der Waals surface area contributed by atoms with Crippen molar-refractivity contribution in [1.82, 2.24) is 9.80 Å². The van der Waals surface area contributed by atoms with Crippen LogP contribution in [0.1, 0.15) is 20.3 Å². The number of nitrogen functional groups attached to an aromatic ring is 1. The van der Waals surface area contributed by atoms with Crippen LogP contribution in [-0.2, 0) is 4.79 Å². The molecule has 1 aromatic rings. The number of hydrogen-bond donors (Lipinski definition) is 2. The van der Waals surface area contributed by atoms with Crippen molar-refractivity contribution in [3.8, 4) is 0 Å². The number of nitrogens with two attached hydrogens (primary N) is 1. The Labute approximate surface area is 127 Å². The monoisotopic (exact) mass is 290 g/mol. The highest BCUT2D eigenvalue weighted by atomic mass is 16.2. The molecule has 1 aliphatic heterocycles. The Morgan fingerprint density at radius 1 is 1.29 bits per heavy atom. The average Bonchev–Trinajstić information content (AvgIpc) is 2.50. The van der Waals surface area contributed by atoms with Crippen LogP contribution >= 0.6 is 0 Å². The van der Waals surface area contributed by atoms with E-state index >= 15 is 0 Å².